The summed E-state index contributed by atoms with van der Waals surface area (Å²) in [6.45, 7) is 2.64. The fraction of sp³-hybridized carbons (Fsp3) is 0.250. The molecular weight excluding hydrogens is 344 g/mol. The molecule has 2 rings (SSSR count). The van der Waals surface area contributed by atoms with Crippen molar-refractivity contribution in [1.82, 2.24) is 10.6 Å². The van der Waals surface area contributed by atoms with E-state index in [2.05, 4.69) is 21.3 Å². The molecule has 0 aliphatic carbocycles. The molecule has 3 amide bonds. The highest BCUT2D eigenvalue weighted by molar-refractivity contribution is 5.98. The third-order valence-corrected chi connectivity index (χ3v) is 3.75. The van der Waals surface area contributed by atoms with Gasteiger partial charge in [-0.3, -0.25) is 14.4 Å². The van der Waals surface area contributed by atoms with Gasteiger partial charge >= 0.3 is 0 Å². The number of hydrogen-bond donors (Lipinski definition) is 4. The predicted octanol–water partition coefficient (Wildman–Crippen LogP) is 2.24. The molecule has 27 heavy (non-hydrogen) atoms. The lowest BCUT2D eigenvalue weighted by atomic mass is 10.2. The molecule has 142 valence electrons. The summed E-state index contributed by atoms with van der Waals surface area (Å²) in [4.78, 5) is 35.8. The molecule has 2 aromatic carbocycles. The smallest absolute Gasteiger partial charge is 0.251 e. The van der Waals surface area contributed by atoms with Gasteiger partial charge in [0.25, 0.3) is 11.8 Å². The van der Waals surface area contributed by atoms with Crippen LogP contribution in [0.15, 0.2) is 48.5 Å². The molecule has 0 radical (unpaired) electrons. The van der Waals surface area contributed by atoms with E-state index < -0.39 is 0 Å². The van der Waals surface area contributed by atoms with Crippen LogP contribution in [0.1, 0.15) is 34.1 Å². The standard InChI is InChI=1S/C20H24N4O3/c1-3-10-22-20(27)15-7-4-8-16(11-15)23-13-18(25)24-17-9-5-6-14(12-17)19(26)21-2/h4-9,11-12,23H,3,10,13H2,1-2H3,(H,21,26)(H,22,27)(H,24,25). The Hall–Kier alpha value is -3.35. The summed E-state index contributed by atoms with van der Waals surface area (Å²) in [5, 5.41) is 11.1. The van der Waals surface area contributed by atoms with Gasteiger partial charge in [0, 0.05) is 36.1 Å². The zero-order chi connectivity index (χ0) is 19.6. The summed E-state index contributed by atoms with van der Waals surface area (Å²) >= 11 is 0. The van der Waals surface area contributed by atoms with Crippen molar-refractivity contribution < 1.29 is 14.4 Å². The molecule has 0 aromatic heterocycles. The van der Waals surface area contributed by atoms with Crippen LogP contribution in [0.5, 0.6) is 0 Å². The van der Waals surface area contributed by atoms with Crippen molar-refractivity contribution in [3.63, 3.8) is 0 Å². The Kier molecular flexibility index (Phi) is 7.37. The van der Waals surface area contributed by atoms with Crippen LogP contribution in [-0.4, -0.2) is 37.9 Å². The molecule has 2 aromatic rings. The summed E-state index contributed by atoms with van der Waals surface area (Å²) in [7, 11) is 1.55. The molecule has 0 unspecified atom stereocenters. The van der Waals surface area contributed by atoms with E-state index in [9.17, 15) is 14.4 Å². The Balaban J connectivity index is 1.92. The Bertz CT molecular complexity index is 820. The predicted molar refractivity (Wildman–Crippen MR) is 106 cm³/mol. The van der Waals surface area contributed by atoms with Gasteiger partial charge in [0.05, 0.1) is 6.54 Å². The fourth-order valence-corrected chi connectivity index (χ4v) is 2.38. The molecule has 4 N–H and O–H groups in total. The quantitative estimate of drug-likeness (QED) is 0.574. The van der Waals surface area contributed by atoms with Crippen molar-refractivity contribution in [1.29, 1.82) is 0 Å². The van der Waals surface area contributed by atoms with Crippen LogP contribution in [0.2, 0.25) is 0 Å². The Morgan fingerprint density at radius 3 is 2.19 bits per heavy atom. The van der Waals surface area contributed by atoms with Crippen molar-refractivity contribution in [2.24, 2.45) is 0 Å². The summed E-state index contributed by atoms with van der Waals surface area (Å²) < 4.78 is 0. The average Bonchev–Trinajstić information content (AvgIpc) is 2.70. The van der Waals surface area contributed by atoms with E-state index in [1.807, 2.05) is 6.92 Å². The van der Waals surface area contributed by atoms with Crippen LogP contribution in [0.25, 0.3) is 0 Å². The minimum absolute atomic E-state index is 0.0320. The highest BCUT2D eigenvalue weighted by Gasteiger charge is 2.08. The molecule has 0 atom stereocenters. The third-order valence-electron chi connectivity index (χ3n) is 3.75. The monoisotopic (exact) mass is 368 g/mol. The highest BCUT2D eigenvalue weighted by atomic mass is 16.2. The van der Waals surface area contributed by atoms with Crippen molar-refractivity contribution in [2.45, 2.75) is 13.3 Å². The first kappa shape index (κ1) is 20.0. The van der Waals surface area contributed by atoms with Crippen LogP contribution in [0, 0.1) is 0 Å². The average molecular weight is 368 g/mol. The van der Waals surface area contributed by atoms with E-state index in [0.29, 0.717) is 29.0 Å². The molecule has 0 bridgehead atoms. The number of nitrogens with one attached hydrogen (secondary N) is 4. The SMILES string of the molecule is CCCNC(=O)c1cccc(NCC(=O)Nc2cccc(C(=O)NC)c2)c1. The summed E-state index contributed by atoms with van der Waals surface area (Å²) in [6, 6.07) is 13.7. The second-order valence-corrected chi connectivity index (χ2v) is 5.90. The summed E-state index contributed by atoms with van der Waals surface area (Å²) in [6.07, 6.45) is 0.866. The zero-order valence-electron chi connectivity index (χ0n) is 15.5. The number of anilines is 2. The van der Waals surface area contributed by atoms with E-state index in [4.69, 9.17) is 0 Å². The Morgan fingerprint density at radius 2 is 1.52 bits per heavy atom. The van der Waals surface area contributed by atoms with Gasteiger partial charge in [-0.1, -0.05) is 19.1 Å². The van der Waals surface area contributed by atoms with Crippen molar-refractivity contribution >= 4 is 29.1 Å². The van der Waals surface area contributed by atoms with Gasteiger partial charge in [0.15, 0.2) is 0 Å². The first-order valence-corrected chi connectivity index (χ1v) is 8.77. The molecule has 0 fully saturated rings. The molecular formula is C20H24N4O3. The maximum Gasteiger partial charge on any atom is 0.251 e. The number of carbonyl (C=O) groups excluding carboxylic acids is 3. The highest BCUT2D eigenvalue weighted by Crippen LogP contribution is 2.12. The summed E-state index contributed by atoms with van der Waals surface area (Å²) in [5.41, 5.74) is 2.21. The van der Waals surface area contributed by atoms with Gasteiger partial charge in [-0.15, -0.1) is 0 Å². The lowest BCUT2D eigenvalue weighted by Crippen LogP contribution is -2.24. The largest absolute Gasteiger partial charge is 0.376 e. The van der Waals surface area contributed by atoms with Gasteiger partial charge in [-0.05, 0) is 42.8 Å². The van der Waals surface area contributed by atoms with Crippen molar-refractivity contribution in [2.75, 3.05) is 30.8 Å². The number of rotatable bonds is 8. The molecule has 0 saturated carbocycles. The molecule has 0 spiro atoms. The topological polar surface area (TPSA) is 99.3 Å². The van der Waals surface area contributed by atoms with E-state index in [1.165, 1.54) is 0 Å². The molecule has 0 heterocycles. The van der Waals surface area contributed by atoms with Gasteiger partial charge in [-0.25, -0.2) is 0 Å². The van der Waals surface area contributed by atoms with E-state index in [0.717, 1.165) is 6.42 Å². The third kappa shape index (κ3) is 6.14. The molecule has 0 saturated heterocycles. The van der Waals surface area contributed by atoms with E-state index in [1.54, 1.807) is 55.6 Å². The number of benzene rings is 2. The molecule has 0 aliphatic heterocycles. The van der Waals surface area contributed by atoms with E-state index >= 15 is 0 Å². The molecule has 7 heteroatoms. The Morgan fingerprint density at radius 1 is 0.889 bits per heavy atom. The Labute approximate surface area is 158 Å². The second-order valence-electron chi connectivity index (χ2n) is 5.90. The minimum Gasteiger partial charge on any atom is -0.376 e. The van der Waals surface area contributed by atoms with Crippen LogP contribution in [0.3, 0.4) is 0 Å². The fourth-order valence-electron chi connectivity index (χ4n) is 2.38. The van der Waals surface area contributed by atoms with Crippen molar-refractivity contribution in [3.8, 4) is 0 Å². The van der Waals surface area contributed by atoms with Gasteiger partial charge < -0.3 is 21.3 Å². The van der Waals surface area contributed by atoms with Gasteiger partial charge in [0.2, 0.25) is 5.91 Å². The first-order valence-electron chi connectivity index (χ1n) is 8.77. The first-order chi connectivity index (χ1) is 13.0. The number of amides is 3. The van der Waals surface area contributed by atoms with Gasteiger partial charge in [0.1, 0.15) is 0 Å². The van der Waals surface area contributed by atoms with Crippen molar-refractivity contribution in [3.05, 3.63) is 59.7 Å². The maximum absolute atomic E-state index is 12.1. The van der Waals surface area contributed by atoms with Crippen LogP contribution in [0.4, 0.5) is 11.4 Å². The lowest BCUT2D eigenvalue weighted by molar-refractivity contribution is -0.114. The number of hydrogen-bond acceptors (Lipinski definition) is 4. The van der Waals surface area contributed by atoms with Crippen LogP contribution < -0.4 is 21.3 Å². The van der Waals surface area contributed by atoms with Gasteiger partial charge in [-0.2, -0.15) is 0 Å². The number of carbonyl (C=O) groups is 3. The van der Waals surface area contributed by atoms with Crippen LogP contribution >= 0.6 is 0 Å². The lowest BCUT2D eigenvalue weighted by Gasteiger charge is -2.10. The zero-order valence-corrected chi connectivity index (χ0v) is 15.5. The maximum atomic E-state index is 12.1. The molecule has 0 aliphatic rings. The van der Waals surface area contributed by atoms with Crippen LogP contribution in [-0.2, 0) is 4.79 Å². The summed E-state index contributed by atoms with van der Waals surface area (Å²) in [5.74, 6) is -0.622. The molecule has 7 nitrogen and oxygen atoms in total. The normalized spacial score (nSPS) is 10.0. The second kappa shape index (κ2) is 9.96. The van der Waals surface area contributed by atoms with E-state index in [-0.39, 0.29) is 24.3 Å². The minimum atomic E-state index is -0.259.